The molecule has 0 bridgehead atoms. The largest absolute Gasteiger partial charge is 0.503 e. The molecule has 3 aliphatic carbocycles. The third-order valence-electron chi connectivity index (χ3n) is 8.87. The van der Waals surface area contributed by atoms with Crippen LogP contribution in [0.1, 0.15) is 43.7 Å². The van der Waals surface area contributed by atoms with Crippen LogP contribution in [0.4, 0.5) is 5.69 Å². The van der Waals surface area contributed by atoms with Gasteiger partial charge in [-0.05, 0) is 99.4 Å². The number of amides is 2. The van der Waals surface area contributed by atoms with Crippen LogP contribution in [0.5, 0.6) is 11.5 Å². The summed E-state index contributed by atoms with van der Waals surface area (Å²) in [4.78, 5) is 56.1. The van der Waals surface area contributed by atoms with Crippen molar-refractivity contribution in [2.75, 3.05) is 12.0 Å². The first-order chi connectivity index (χ1) is 19.6. The molecule has 1 saturated heterocycles. The number of phenolic OH excluding ortho intramolecular Hbond substituents is 1. The van der Waals surface area contributed by atoms with E-state index in [1.807, 2.05) is 25.1 Å². The number of ether oxygens (including phenoxy) is 1. The first-order valence-electron chi connectivity index (χ1n) is 13.5. The van der Waals surface area contributed by atoms with E-state index in [1.54, 1.807) is 25.1 Å². The average Bonchev–Trinajstić information content (AvgIpc) is 3.23. The second-order valence-electron chi connectivity index (χ2n) is 10.9. The van der Waals surface area contributed by atoms with Gasteiger partial charge < -0.3 is 9.84 Å². The lowest BCUT2D eigenvalue weighted by Gasteiger charge is -2.42. The van der Waals surface area contributed by atoms with E-state index in [0.29, 0.717) is 43.3 Å². The Kier molecular flexibility index (Phi) is 6.93. The summed E-state index contributed by atoms with van der Waals surface area (Å²) >= 11 is 7.02. The third-order valence-corrected chi connectivity index (χ3v) is 11.0. The lowest BCUT2D eigenvalue weighted by Crippen LogP contribution is -2.40. The van der Waals surface area contributed by atoms with Gasteiger partial charge in [0, 0.05) is 27.1 Å². The summed E-state index contributed by atoms with van der Waals surface area (Å²) in [5.41, 5.74) is 4.18. The first kappa shape index (κ1) is 27.8. The van der Waals surface area contributed by atoms with Crippen LogP contribution in [0, 0.1) is 17.8 Å². The van der Waals surface area contributed by atoms with Crippen LogP contribution >= 0.6 is 31.9 Å². The third kappa shape index (κ3) is 4.11. The summed E-state index contributed by atoms with van der Waals surface area (Å²) in [6, 6.07) is 9.11. The fourth-order valence-corrected chi connectivity index (χ4v) is 7.78. The zero-order chi connectivity index (χ0) is 29.3. The molecule has 0 spiro atoms. The molecule has 4 atom stereocenters. The maximum Gasteiger partial charge on any atom is 0.238 e. The Bertz CT molecular complexity index is 1650. The van der Waals surface area contributed by atoms with Crippen LogP contribution in [-0.2, 0) is 25.6 Å². The van der Waals surface area contributed by atoms with Crippen LogP contribution in [0.2, 0.25) is 0 Å². The normalized spacial score (nSPS) is 25.5. The van der Waals surface area contributed by atoms with Gasteiger partial charge in [0.1, 0.15) is 0 Å². The van der Waals surface area contributed by atoms with Gasteiger partial charge in [0.25, 0.3) is 0 Å². The number of ketones is 2. The molecular weight excluding hydrogens is 654 g/mol. The number of Topliss-reactive ketones (excluding diaryl/α,β-unsaturated/α-hetero) is 1. The Hall–Kier alpha value is -3.30. The number of methoxy groups -OCH3 is 1. The highest BCUT2D eigenvalue weighted by atomic mass is 79.9. The summed E-state index contributed by atoms with van der Waals surface area (Å²) in [6.45, 7) is 3.67. The van der Waals surface area contributed by atoms with Crippen LogP contribution in [-0.4, -0.2) is 35.6 Å². The number of aryl methyl sites for hydroxylation is 1. The van der Waals surface area contributed by atoms with E-state index in [0.717, 1.165) is 17.6 Å². The van der Waals surface area contributed by atoms with Gasteiger partial charge in [-0.15, -0.1) is 0 Å². The molecule has 1 aliphatic heterocycles. The fraction of sp³-hybridized carbons (Fsp3) is 0.312. The predicted octanol–water partition coefficient (Wildman–Crippen LogP) is 6.12. The quantitative estimate of drug-likeness (QED) is 0.237. The number of anilines is 1. The van der Waals surface area contributed by atoms with Crippen molar-refractivity contribution in [2.24, 2.45) is 17.8 Å². The molecule has 2 aromatic carbocycles. The maximum absolute atomic E-state index is 14.1. The molecule has 41 heavy (non-hydrogen) atoms. The minimum atomic E-state index is -0.675. The molecule has 210 valence electrons. The first-order valence-corrected chi connectivity index (χ1v) is 15.1. The molecule has 4 aliphatic rings. The van der Waals surface area contributed by atoms with E-state index >= 15 is 0 Å². The molecule has 0 saturated carbocycles. The summed E-state index contributed by atoms with van der Waals surface area (Å²) < 4.78 is 6.29. The SMILES string of the molecule is CCc1ccc(N2C(=O)[C@H]3[C@H](CC=C4[C@H](c5cc(OC)c(O)c(Br)c5Br)C5=C(C[C@H]43)C(=O)C=C(C)C5=O)C2=O)cc1. The maximum atomic E-state index is 14.1. The number of allylic oxidation sites excluding steroid dienone is 6. The minimum absolute atomic E-state index is 0.106. The summed E-state index contributed by atoms with van der Waals surface area (Å²) in [5, 5.41) is 10.6. The molecule has 9 heteroatoms. The molecular formula is C32H27Br2NO6. The number of benzene rings is 2. The number of hydrogen-bond donors (Lipinski definition) is 1. The number of halogens is 2. The van der Waals surface area contributed by atoms with Gasteiger partial charge in [-0.25, -0.2) is 0 Å². The number of hydrogen-bond acceptors (Lipinski definition) is 6. The van der Waals surface area contributed by atoms with Gasteiger partial charge in [-0.3, -0.25) is 24.1 Å². The molecule has 2 amide bonds. The van der Waals surface area contributed by atoms with Crippen LogP contribution in [0.3, 0.4) is 0 Å². The highest BCUT2D eigenvalue weighted by Gasteiger charge is 2.56. The van der Waals surface area contributed by atoms with E-state index < -0.39 is 23.7 Å². The minimum Gasteiger partial charge on any atom is -0.503 e. The molecule has 0 aromatic heterocycles. The van der Waals surface area contributed by atoms with E-state index in [1.165, 1.54) is 18.1 Å². The number of imide groups is 1. The van der Waals surface area contributed by atoms with Gasteiger partial charge in [0.15, 0.2) is 23.1 Å². The van der Waals surface area contributed by atoms with Crippen molar-refractivity contribution in [3.8, 4) is 11.5 Å². The lowest BCUT2D eigenvalue weighted by atomic mass is 9.59. The Morgan fingerprint density at radius 1 is 1.02 bits per heavy atom. The molecule has 0 unspecified atom stereocenters. The number of carbonyl (C=O) groups is 4. The van der Waals surface area contributed by atoms with Crippen molar-refractivity contribution in [2.45, 2.75) is 39.0 Å². The Balaban J connectivity index is 1.51. The van der Waals surface area contributed by atoms with Gasteiger partial charge in [-0.2, -0.15) is 0 Å². The van der Waals surface area contributed by atoms with Gasteiger partial charge in [0.05, 0.1) is 29.1 Å². The number of nitrogens with zero attached hydrogens (tertiary/aromatic N) is 1. The summed E-state index contributed by atoms with van der Waals surface area (Å²) in [5.74, 6) is -3.27. The molecule has 7 nitrogen and oxygen atoms in total. The molecule has 2 aromatic rings. The molecule has 1 N–H and O–H groups in total. The molecule has 1 heterocycles. The molecule has 6 rings (SSSR count). The Morgan fingerprint density at radius 2 is 1.73 bits per heavy atom. The standard InChI is InChI=1S/C32H27Br2NO6/c1-4-15-5-7-16(8-6-15)35-31(39)18-10-9-17-19(25(18)32(35)40)12-20-22(36)11-14(2)29(37)26(20)24(17)21-13-23(41-3)30(38)28(34)27(21)33/h5-9,11,13,18-19,24-25,38H,4,10,12H2,1-3H3/t18-,19+,24+,25-/m0/s1. The topological polar surface area (TPSA) is 101 Å². The van der Waals surface area contributed by atoms with Crippen molar-refractivity contribution in [1.29, 1.82) is 0 Å². The van der Waals surface area contributed by atoms with E-state index in [9.17, 15) is 24.3 Å². The average molecular weight is 681 g/mol. The number of carbonyl (C=O) groups excluding carboxylic acids is 4. The molecule has 1 fully saturated rings. The fourth-order valence-electron chi connectivity index (χ4n) is 6.83. The molecule has 0 radical (unpaired) electrons. The number of phenols is 1. The van der Waals surface area contributed by atoms with E-state index in [-0.39, 0.29) is 41.3 Å². The van der Waals surface area contributed by atoms with Crippen molar-refractivity contribution >= 4 is 60.9 Å². The summed E-state index contributed by atoms with van der Waals surface area (Å²) in [6.07, 6.45) is 4.71. The van der Waals surface area contributed by atoms with Crippen molar-refractivity contribution in [3.05, 3.63) is 84.8 Å². The van der Waals surface area contributed by atoms with Crippen molar-refractivity contribution in [3.63, 3.8) is 0 Å². The van der Waals surface area contributed by atoms with Crippen LogP contribution in [0.15, 0.2) is 73.7 Å². The van der Waals surface area contributed by atoms with Crippen molar-refractivity contribution in [1.82, 2.24) is 0 Å². The Morgan fingerprint density at radius 3 is 2.39 bits per heavy atom. The number of aromatic hydroxyl groups is 1. The highest BCUT2D eigenvalue weighted by Crippen LogP contribution is 2.57. The van der Waals surface area contributed by atoms with Crippen LogP contribution in [0.25, 0.3) is 0 Å². The van der Waals surface area contributed by atoms with E-state index in [4.69, 9.17) is 4.74 Å². The van der Waals surface area contributed by atoms with E-state index in [2.05, 4.69) is 31.9 Å². The van der Waals surface area contributed by atoms with Gasteiger partial charge in [-0.1, -0.05) is 30.7 Å². The highest BCUT2D eigenvalue weighted by molar-refractivity contribution is 9.13. The van der Waals surface area contributed by atoms with Crippen LogP contribution < -0.4 is 9.64 Å². The van der Waals surface area contributed by atoms with Gasteiger partial charge >= 0.3 is 0 Å². The predicted molar refractivity (Wildman–Crippen MR) is 160 cm³/mol. The van der Waals surface area contributed by atoms with Crippen molar-refractivity contribution < 1.29 is 29.0 Å². The van der Waals surface area contributed by atoms with Gasteiger partial charge in [0.2, 0.25) is 11.8 Å². The summed E-state index contributed by atoms with van der Waals surface area (Å²) in [7, 11) is 1.44. The number of rotatable bonds is 4. The zero-order valence-corrected chi connectivity index (χ0v) is 25.8. The second kappa shape index (κ2) is 10.2. The number of fused-ring (bicyclic) bond motifs is 3. The Labute approximate surface area is 254 Å². The second-order valence-corrected chi connectivity index (χ2v) is 12.5. The smallest absolute Gasteiger partial charge is 0.238 e. The monoisotopic (exact) mass is 679 g/mol. The zero-order valence-electron chi connectivity index (χ0n) is 22.7. The lowest BCUT2D eigenvalue weighted by molar-refractivity contribution is -0.123.